The van der Waals surface area contributed by atoms with Crippen molar-refractivity contribution < 1.29 is 0 Å². The van der Waals surface area contributed by atoms with Gasteiger partial charge in [0.25, 0.3) is 0 Å². The van der Waals surface area contributed by atoms with Gasteiger partial charge in [0.1, 0.15) is 0 Å². The lowest BCUT2D eigenvalue weighted by Crippen LogP contribution is -1.86. The molecule has 0 N–H and O–H groups in total. The van der Waals surface area contributed by atoms with Crippen LogP contribution in [-0.2, 0) is 13.5 Å². The molecule has 0 aliphatic rings. The molecular weight excluding hydrogens is 218 g/mol. The monoisotopic (exact) mass is 243 g/mol. The number of nitrogens with zero attached hydrogens (tertiary/aromatic N) is 1. The summed E-state index contributed by atoms with van der Waals surface area (Å²) in [5.41, 5.74) is 2.87. The molecule has 0 atom stereocenters. The normalized spacial score (nSPS) is 12.9. The van der Waals surface area contributed by atoms with Crippen molar-refractivity contribution in [1.29, 1.82) is 0 Å². The molecule has 1 aromatic rings. The van der Waals surface area contributed by atoms with Gasteiger partial charge in [-0.25, -0.2) is 0 Å². The van der Waals surface area contributed by atoms with E-state index in [1.165, 1.54) is 36.8 Å². The largest absolute Gasteiger partial charge is 0.357 e. The lowest BCUT2D eigenvalue weighted by atomic mass is 10.0. The summed E-state index contributed by atoms with van der Waals surface area (Å²) in [5, 5.41) is 0. The number of unbranched alkanes of at least 4 members (excludes halogenated alkanes) is 1. The molecular formula is C17H25N. The molecule has 1 nitrogen and oxygen atoms in total. The second-order valence-electron chi connectivity index (χ2n) is 4.66. The van der Waals surface area contributed by atoms with Crippen molar-refractivity contribution in [3.05, 3.63) is 60.0 Å². The van der Waals surface area contributed by atoms with Crippen molar-refractivity contribution in [2.24, 2.45) is 7.05 Å². The number of aromatic nitrogens is 1. The molecule has 0 unspecified atom stereocenters. The Labute approximate surface area is 112 Å². The van der Waals surface area contributed by atoms with Gasteiger partial charge in [0.15, 0.2) is 0 Å². The van der Waals surface area contributed by atoms with Crippen LogP contribution in [0.3, 0.4) is 0 Å². The first kappa shape index (κ1) is 14.6. The Bertz CT molecular complexity index is 419. The second kappa shape index (κ2) is 8.57. The van der Waals surface area contributed by atoms with E-state index >= 15 is 0 Å². The number of hydrogen-bond acceptors (Lipinski definition) is 0. The van der Waals surface area contributed by atoms with Gasteiger partial charge in [-0.05, 0) is 56.7 Å². The third-order valence-corrected chi connectivity index (χ3v) is 2.96. The van der Waals surface area contributed by atoms with Crippen molar-refractivity contribution in [1.82, 2.24) is 4.57 Å². The molecule has 0 bridgehead atoms. The predicted molar refractivity (Wildman–Crippen MR) is 80.7 cm³/mol. The van der Waals surface area contributed by atoms with E-state index in [2.05, 4.69) is 74.3 Å². The van der Waals surface area contributed by atoms with E-state index in [1.54, 1.807) is 0 Å². The van der Waals surface area contributed by atoms with Crippen LogP contribution in [0.25, 0.3) is 0 Å². The van der Waals surface area contributed by atoms with Gasteiger partial charge in [0.2, 0.25) is 0 Å². The highest BCUT2D eigenvalue weighted by atomic mass is 14.9. The molecule has 0 saturated heterocycles. The molecule has 0 aliphatic heterocycles. The maximum atomic E-state index is 2.21. The van der Waals surface area contributed by atoms with Crippen molar-refractivity contribution >= 4 is 0 Å². The van der Waals surface area contributed by atoms with Crippen molar-refractivity contribution in [2.75, 3.05) is 0 Å². The zero-order valence-electron chi connectivity index (χ0n) is 11.9. The molecule has 1 aromatic heterocycles. The van der Waals surface area contributed by atoms with Crippen LogP contribution in [0.1, 0.15) is 38.7 Å². The summed E-state index contributed by atoms with van der Waals surface area (Å²) < 4.78 is 2.12. The first-order valence-corrected chi connectivity index (χ1v) is 6.81. The molecule has 0 fully saturated rings. The van der Waals surface area contributed by atoms with Crippen LogP contribution in [0.4, 0.5) is 0 Å². The minimum absolute atomic E-state index is 1.17. The smallest absolute Gasteiger partial charge is 0.0106 e. The van der Waals surface area contributed by atoms with Gasteiger partial charge < -0.3 is 4.57 Å². The summed E-state index contributed by atoms with van der Waals surface area (Å²) in [7, 11) is 2.08. The fraction of sp³-hybridized carbons (Fsp3) is 0.412. The third kappa shape index (κ3) is 5.72. The van der Waals surface area contributed by atoms with E-state index in [0.29, 0.717) is 0 Å². The molecule has 18 heavy (non-hydrogen) atoms. The van der Waals surface area contributed by atoms with E-state index in [0.717, 1.165) is 0 Å². The first-order chi connectivity index (χ1) is 8.76. The van der Waals surface area contributed by atoms with E-state index in [9.17, 15) is 0 Å². The van der Waals surface area contributed by atoms with Crippen LogP contribution in [0.2, 0.25) is 0 Å². The molecule has 0 aromatic carbocycles. The molecule has 1 heterocycles. The zero-order chi connectivity index (χ0) is 13.2. The predicted octanol–water partition coefficient (Wildman–Crippen LogP) is 4.82. The molecule has 0 aliphatic carbocycles. The average Bonchev–Trinajstić information content (AvgIpc) is 2.77. The first-order valence-electron chi connectivity index (χ1n) is 6.81. The summed E-state index contributed by atoms with van der Waals surface area (Å²) in [6, 6.07) is 2.21. The summed E-state index contributed by atoms with van der Waals surface area (Å²) in [5.74, 6) is 0. The van der Waals surface area contributed by atoms with E-state index in [1.807, 2.05) is 0 Å². The summed E-state index contributed by atoms with van der Waals surface area (Å²) in [6.07, 6.45) is 19.9. The maximum Gasteiger partial charge on any atom is 0.0106 e. The van der Waals surface area contributed by atoms with Crippen LogP contribution < -0.4 is 0 Å². The molecule has 0 amide bonds. The SMILES string of the molecule is C\C=C/C=C(\C=C/C)CCCCc1ccn(C)c1. The quantitative estimate of drug-likeness (QED) is 0.478. The second-order valence-corrected chi connectivity index (χ2v) is 4.66. The topological polar surface area (TPSA) is 4.93 Å². The highest BCUT2D eigenvalue weighted by Gasteiger charge is 1.96. The Morgan fingerprint density at radius 2 is 2.06 bits per heavy atom. The molecule has 1 rings (SSSR count). The highest BCUT2D eigenvalue weighted by Crippen LogP contribution is 2.12. The lowest BCUT2D eigenvalue weighted by molar-refractivity contribution is 0.735. The van der Waals surface area contributed by atoms with Gasteiger partial charge in [-0.2, -0.15) is 0 Å². The van der Waals surface area contributed by atoms with Crippen LogP contribution in [0.5, 0.6) is 0 Å². The lowest BCUT2D eigenvalue weighted by Gasteiger charge is -2.01. The Hall–Kier alpha value is -1.50. The Balaban J connectivity index is 2.31. The van der Waals surface area contributed by atoms with Gasteiger partial charge >= 0.3 is 0 Å². The fourth-order valence-corrected chi connectivity index (χ4v) is 2.02. The van der Waals surface area contributed by atoms with Gasteiger partial charge in [0, 0.05) is 19.4 Å². The fourth-order valence-electron chi connectivity index (χ4n) is 2.02. The van der Waals surface area contributed by atoms with Crippen LogP contribution in [0.15, 0.2) is 54.4 Å². The summed E-state index contributed by atoms with van der Waals surface area (Å²) in [4.78, 5) is 0. The van der Waals surface area contributed by atoms with Gasteiger partial charge in [-0.15, -0.1) is 0 Å². The molecule has 0 radical (unpaired) electrons. The van der Waals surface area contributed by atoms with Gasteiger partial charge in [-0.1, -0.05) is 30.4 Å². The minimum Gasteiger partial charge on any atom is -0.357 e. The van der Waals surface area contributed by atoms with E-state index in [4.69, 9.17) is 0 Å². The Morgan fingerprint density at radius 3 is 2.67 bits per heavy atom. The van der Waals surface area contributed by atoms with Crippen LogP contribution in [0, 0.1) is 0 Å². The summed E-state index contributed by atoms with van der Waals surface area (Å²) in [6.45, 7) is 4.13. The van der Waals surface area contributed by atoms with Crippen LogP contribution in [-0.4, -0.2) is 4.57 Å². The van der Waals surface area contributed by atoms with E-state index in [-0.39, 0.29) is 0 Å². The Morgan fingerprint density at radius 1 is 1.22 bits per heavy atom. The van der Waals surface area contributed by atoms with E-state index < -0.39 is 0 Å². The Kier molecular flexibility index (Phi) is 6.93. The number of allylic oxidation sites excluding steroid dienone is 6. The minimum atomic E-state index is 1.17. The molecule has 98 valence electrons. The summed E-state index contributed by atoms with van der Waals surface area (Å²) >= 11 is 0. The third-order valence-electron chi connectivity index (χ3n) is 2.96. The molecule has 1 heteroatoms. The zero-order valence-corrected chi connectivity index (χ0v) is 11.9. The molecule has 0 saturated carbocycles. The molecule has 0 spiro atoms. The maximum absolute atomic E-state index is 2.21. The highest BCUT2D eigenvalue weighted by molar-refractivity contribution is 5.23. The number of aryl methyl sites for hydroxylation is 2. The number of rotatable bonds is 7. The van der Waals surface area contributed by atoms with Crippen molar-refractivity contribution in [3.8, 4) is 0 Å². The van der Waals surface area contributed by atoms with Crippen molar-refractivity contribution in [3.63, 3.8) is 0 Å². The standard InChI is InChI=1S/C17H25N/c1-4-6-10-16(9-5-2)11-7-8-12-17-13-14-18(3)15-17/h4-6,9-10,13-15H,7-8,11-12H2,1-3H3/b6-4-,9-5-,16-10+. The van der Waals surface area contributed by atoms with Crippen molar-refractivity contribution in [2.45, 2.75) is 39.5 Å². The van der Waals surface area contributed by atoms with Gasteiger partial charge in [0.05, 0.1) is 0 Å². The van der Waals surface area contributed by atoms with Crippen LogP contribution >= 0.6 is 0 Å². The van der Waals surface area contributed by atoms with Gasteiger partial charge in [-0.3, -0.25) is 0 Å². The number of hydrogen-bond donors (Lipinski definition) is 0. The average molecular weight is 243 g/mol.